The second kappa shape index (κ2) is 8.49. The van der Waals surface area contributed by atoms with Crippen molar-refractivity contribution in [1.29, 1.82) is 0 Å². The number of fused-ring (bicyclic) bond motifs is 2. The molecule has 0 saturated carbocycles. The summed E-state index contributed by atoms with van der Waals surface area (Å²) in [7, 11) is 0. The summed E-state index contributed by atoms with van der Waals surface area (Å²) in [6.07, 6.45) is 4.22. The summed E-state index contributed by atoms with van der Waals surface area (Å²) < 4.78 is 15.5. The maximum absolute atomic E-state index is 13.9. The van der Waals surface area contributed by atoms with Crippen LogP contribution in [-0.2, 0) is 0 Å². The van der Waals surface area contributed by atoms with Gasteiger partial charge in [-0.15, -0.1) is 0 Å². The Bertz CT molecular complexity index is 1220. The second-order valence-corrected chi connectivity index (χ2v) is 7.28. The van der Waals surface area contributed by atoms with Gasteiger partial charge in [0.2, 0.25) is 0 Å². The molecular formula is C23H24FN5O. The summed E-state index contributed by atoms with van der Waals surface area (Å²) in [5.41, 5.74) is 9.34. The van der Waals surface area contributed by atoms with Gasteiger partial charge in [-0.1, -0.05) is 44.4 Å². The Morgan fingerprint density at radius 3 is 2.57 bits per heavy atom. The van der Waals surface area contributed by atoms with Crippen molar-refractivity contribution in [3.8, 4) is 5.69 Å². The predicted octanol–water partition coefficient (Wildman–Crippen LogP) is 4.61. The second-order valence-electron chi connectivity index (χ2n) is 7.28. The van der Waals surface area contributed by atoms with Gasteiger partial charge in [0.15, 0.2) is 5.65 Å². The molecule has 2 aromatic heterocycles. The molecule has 0 saturated heterocycles. The summed E-state index contributed by atoms with van der Waals surface area (Å²) in [6.45, 7) is 2.70. The van der Waals surface area contributed by atoms with Crippen LogP contribution < -0.4 is 11.1 Å². The number of nitrogens with one attached hydrogen (secondary N) is 1. The minimum atomic E-state index is -0.399. The molecule has 0 spiro atoms. The number of carbonyl (C=O) groups excluding carboxylic acids is 1. The third-order valence-electron chi connectivity index (χ3n) is 5.11. The zero-order chi connectivity index (χ0) is 21.1. The number of anilines is 1. The molecule has 2 heterocycles. The highest BCUT2D eigenvalue weighted by atomic mass is 19.1. The van der Waals surface area contributed by atoms with E-state index < -0.39 is 5.82 Å². The topological polar surface area (TPSA) is 85.8 Å². The molecule has 0 fully saturated rings. The number of hydrogen-bond donors (Lipinski definition) is 2. The number of halogens is 1. The number of para-hydroxylation sites is 2. The molecule has 1 amide bonds. The quantitative estimate of drug-likeness (QED) is 0.440. The van der Waals surface area contributed by atoms with Crippen LogP contribution >= 0.6 is 0 Å². The van der Waals surface area contributed by atoms with E-state index in [4.69, 9.17) is 5.73 Å². The van der Waals surface area contributed by atoms with Gasteiger partial charge in [-0.25, -0.2) is 14.4 Å². The smallest absolute Gasteiger partial charge is 0.257 e. The average Bonchev–Trinajstić information content (AvgIpc) is 3.02. The summed E-state index contributed by atoms with van der Waals surface area (Å²) in [5.74, 6) is -0.505. The number of nitrogens with zero attached hydrogens (tertiary/aromatic N) is 3. The maximum Gasteiger partial charge on any atom is 0.257 e. The van der Waals surface area contributed by atoms with Crippen LogP contribution in [0, 0.1) is 5.82 Å². The van der Waals surface area contributed by atoms with E-state index in [2.05, 4.69) is 22.2 Å². The van der Waals surface area contributed by atoms with E-state index in [-0.39, 0.29) is 17.3 Å². The lowest BCUT2D eigenvalue weighted by atomic mass is 10.2. The molecule has 4 aromatic rings. The molecule has 0 atom stereocenters. The fourth-order valence-electron chi connectivity index (χ4n) is 3.60. The van der Waals surface area contributed by atoms with Gasteiger partial charge < -0.3 is 11.1 Å². The van der Waals surface area contributed by atoms with Gasteiger partial charge in [0.05, 0.1) is 16.7 Å². The molecule has 0 aliphatic carbocycles. The van der Waals surface area contributed by atoms with Gasteiger partial charge in [-0.2, -0.15) is 0 Å². The molecule has 0 unspecified atom stereocenters. The molecule has 0 aliphatic heterocycles. The van der Waals surface area contributed by atoms with Crippen molar-refractivity contribution in [2.45, 2.75) is 32.6 Å². The highest BCUT2D eigenvalue weighted by Crippen LogP contribution is 2.31. The zero-order valence-electron chi connectivity index (χ0n) is 16.9. The van der Waals surface area contributed by atoms with Gasteiger partial charge in [0.25, 0.3) is 5.91 Å². The normalized spacial score (nSPS) is 11.3. The van der Waals surface area contributed by atoms with Gasteiger partial charge in [0, 0.05) is 6.54 Å². The third-order valence-corrected chi connectivity index (χ3v) is 5.11. The first-order chi connectivity index (χ1) is 14.6. The molecule has 30 heavy (non-hydrogen) atoms. The van der Waals surface area contributed by atoms with Crippen molar-refractivity contribution < 1.29 is 9.18 Å². The van der Waals surface area contributed by atoms with Crippen LogP contribution in [0.25, 0.3) is 27.9 Å². The number of nitrogens with two attached hydrogens (primary N) is 1. The average molecular weight is 405 g/mol. The van der Waals surface area contributed by atoms with E-state index >= 15 is 0 Å². The lowest BCUT2D eigenvalue weighted by molar-refractivity contribution is 0.0955. The van der Waals surface area contributed by atoms with Gasteiger partial charge in [-0.3, -0.25) is 9.36 Å². The Balaban J connectivity index is 1.84. The molecule has 0 aliphatic rings. The summed E-state index contributed by atoms with van der Waals surface area (Å²) in [5, 5.41) is 2.94. The molecule has 154 valence electrons. The van der Waals surface area contributed by atoms with Crippen molar-refractivity contribution in [3.63, 3.8) is 0 Å². The van der Waals surface area contributed by atoms with Crippen LogP contribution in [0.5, 0.6) is 0 Å². The highest BCUT2D eigenvalue weighted by molar-refractivity contribution is 6.11. The fraction of sp³-hybridized carbons (Fsp3) is 0.261. The van der Waals surface area contributed by atoms with Crippen LogP contribution in [0.3, 0.4) is 0 Å². The Hall–Kier alpha value is -3.48. The van der Waals surface area contributed by atoms with E-state index in [1.165, 1.54) is 12.1 Å². The molecular weight excluding hydrogens is 381 g/mol. The third kappa shape index (κ3) is 3.70. The predicted molar refractivity (Wildman–Crippen MR) is 117 cm³/mol. The van der Waals surface area contributed by atoms with E-state index in [1.807, 2.05) is 24.3 Å². The molecule has 7 heteroatoms. The lowest BCUT2D eigenvalue weighted by Crippen LogP contribution is -2.25. The Labute approximate surface area is 173 Å². The number of amides is 1. The maximum atomic E-state index is 13.9. The van der Waals surface area contributed by atoms with E-state index in [1.54, 1.807) is 16.7 Å². The van der Waals surface area contributed by atoms with Crippen LogP contribution in [-0.4, -0.2) is 27.0 Å². The monoisotopic (exact) mass is 405 g/mol. The molecule has 2 aromatic carbocycles. The Morgan fingerprint density at radius 2 is 1.83 bits per heavy atom. The minimum absolute atomic E-state index is 0.192. The van der Waals surface area contributed by atoms with Crippen molar-refractivity contribution in [2.24, 2.45) is 0 Å². The molecule has 3 N–H and O–H groups in total. The Kier molecular flexibility index (Phi) is 5.61. The largest absolute Gasteiger partial charge is 0.384 e. The van der Waals surface area contributed by atoms with Crippen LogP contribution in [0.15, 0.2) is 48.5 Å². The number of unbranched alkanes of at least 4 members (excludes halogenated alkanes) is 3. The van der Waals surface area contributed by atoms with Crippen molar-refractivity contribution in [1.82, 2.24) is 19.9 Å². The number of hydrogen-bond acceptors (Lipinski definition) is 4. The molecule has 6 nitrogen and oxygen atoms in total. The van der Waals surface area contributed by atoms with Crippen LogP contribution in [0.1, 0.15) is 43.0 Å². The SMILES string of the molecule is CCCCCCNC(=O)c1c(N)n(-c2cccc(F)c2)c2nc3ccccc3nc12. The Morgan fingerprint density at radius 1 is 1.07 bits per heavy atom. The lowest BCUT2D eigenvalue weighted by Gasteiger charge is -2.08. The number of carbonyl (C=O) groups is 1. The first-order valence-electron chi connectivity index (χ1n) is 10.2. The number of benzene rings is 2. The van der Waals surface area contributed by atoms with Crippen molar-refractivity contribution in [2.75, 3.05) is 12.3 Å². The number of nitrogen functional groups attached to an aromatic ring is 1. The van der Waals surface area contributed by atoms with Gasteiger partial charge in [-0.05, 0) is 36.8 Å². The van der Waals surface area contributed by atoms with Crippen molar-refractivity contribution >= 4 is 33.9 Å². The van der Waals surface area contributed by atoms with E-state index in [0.717, 1.165) is 25.7 Å². The standard InChI is InChI=1S/C23H24FN5O/c1-2-3-4-7-13-26-23(30)19-20-22(28-18-12-6-5-11-17(18)27-20)29(21(19)25)16-10-8-9-15(24)14-16/h5-6,8-12,14H,2-4,7,13,25H2,1H3,(H,26,30). The molecule has 0 bridgehead atoms. The summed E-state index contributed by atoms with van der Waals surface area (Å²) >= 11 is 0. The van der Waals surface area contributed by atoms with Crippen LogP contribution in [0.4, 0.5) is 10.2 Å². The first-order valence-corrected chi connectivity index (χ1v) is 10.2. The van der Waals surface area contributed by atoms with E-state index in [9.17, 15) is 9.18 Å². The number of rotatable bonds is 7. The van der Waals surface area contributed by atoms with Gasteiger partial charge in [0.1, 0.15) is 22.7 Å². The van der Waals surface area contributed by atoms with E-state index in [0.29, 0.717) is 34.4 Å². The summed E-state index contributed by atoms with van der Waals surface area (Å²) in [4.78, 5) is 22.4. The minimum Gasteiger partial charge on any atom is -0.384 e. The molecule has 4 rings (SSSR count). The van der Waals surface area contributed by atoms with Crippen LogP contribution in [0.2, 0.25) is 0 Å². The number of aromatic nitrogens is 3. The summed E-state index contributed by atoms with van der Waals surface area (Å²) in [6, 6.07) is 13.4. The molecule has 0 radical (unpaired) electrons. The van der Waals surface area contributed by atoms with Crippen molar-refractivity contribution in [3.05, 3.63) is 59.9 Å². The zero-order valence-corrected chi connectivity index (χ0v) is 16.9. The fourth-order valence-corrected chi connectivity index (χ4v) is 3.60. The first kappa shape index (κ1) is 19.8. The van der Waals surface area contributed by atoms with Gasteiger partial charge >= 0.3 is 0 Å². The highest BCUT2D eigenvalue weighted by Gasteiger charge is 2.24.